The summed E-state index contributed by atoms with van der Waals surface area (Å²) in [6.07, 6.45) is 1.78. The molecule has 2 rings (SSSR count). The Balaban J connectivity index is 0.00000242. The molecule has 0 spiro atoms. The first-order chi connectivity index (χ1) is 9.76. The molecule has 1 fully saturated rings. The van der Waals surface area contributed by atoms with Gasteiger partial charge in [-0.05, 0) is 39.3 Å². The van der Waals surface area contributed by atoms with Crippen molar-refractivity contribution in [2.75, 3.05) is 31.6 Å². The Morgan fingerprint density at radius 2 is 2.09 bits per heavy atom. The van der Waals surface area contributed by atoms with Crippen molar-refractivity contribution in [3.8, 4) is 0 Å². The van der Waals surface area contributed by atoms with E-state index in [1.54, 1.807) is 6.20 Å². The largest absolute Gasteiger partial charge is 0.468 e. The van der Waals surface area contributed by atoms with E-state index in [1.165, 1.54) is 7.11 Å². The molecule has 22 heavy (non-hydrogen) atoms. The molecule has 0 radical (unpaired) electrons. The number of pyridine rings is 1. The second-order valence-corrected chi connectivity index (χ2v) is 6.75. The van der Waals surface area contributed by atoms with Gasteiger partial charge in [0.25, 0.3) is 0 Å². The van der Waals surface area contributed by atoms with E-state index in [4.69, 9.17) is 4.74 Å². The van der Waals surface area contributed by atoms with E-state index >= 15 is 0 Å². The lowest BCUT2D eigenvalue weighted by Crippen LogP contribution is -2.57. The van der Waals surface area contributed by atoms with Crippen molar-refractivity contribution in [3.63, 3.8) is 0 Å². The number of halogens is 1. The minimum absolute atomic E-state index is 0. The lowest BCUT2D eigenvalue weighted by Gasteiger charge is -2.39. The summed E-state index contributed by atoms with van der Waals surface area (Å²) in [4.78, 5) is 18.6. The summed E-state index contributed by atoms with van der Waals surface area (Å²) in [5.41, 5.74) is 0.278. The van der Waals surface area contributed by atoms with E-state index in [-0.39, 0.29) is 23.9 Å². The third kappa shape index (κ3) is 3.90. The number of anilines is 1. The van der Waals surface area contributed by atoms with Gasteiger partial charge < -0.3 is 15.0 Å². The average molecular weight is 328 g/mol. The molecule has 6 heteroatoms. The Labute approximate surface area is 138 Å². The summed E-state index contributed by atoms with van der Waals surface area (Å²) in [5, 5.41) is 3.49. The third-order valence-electron chi connectivity index (χ3n) is 4.06. The highest BCUT2D eigenvalue weighted by Crippen LogP contribution is 2.26. The van der Waals surface area contributed by atoms with Gasteiger partial charge in [-0.2, -0.15) is 0 Å². The number of methoxy groups -OCH3 is 1. The lowest BCUT2D eigenvalue weighted by molar-refractivity contribution is -0.146. The molecule has 0 aliphatic carbocycles. The predicted molar refractivity (Wildman–Crippen MR) is 90.8 cm³/mol. The number of carbonyl (C=O) groups is 1. The summed E-state index contributed by atoms with van der Waals surface area (Å²) in [7, 11) is 1.41. The minimum Gasteiger partial charge on any atom is -0.468 e. The fraction of sp³-hybridized carbons (Fsp3) is 0.625. The molecular weight excluding hydrogens is 302 g/mol. The number of aromatic nitrogens is 1. The lowest BCUT2D eigenvalue weighted by atomic mass is 9.86. The maximum Gasteiger partial charge on any atom is 0.315 e. The highest BCUT2D eigenvalue weighted by molar-refractivity contribution is 5.85. The number of carbonyl (C=O) groups excluding carboxylic acids is 1. The van der Waals surface area contributed by atoms with Crippen LogP contribution in [0.4, 0.5) is 5.82 Å². The van der Waals surface area contributed by atoms with Gasteiger partial charge in [-0.25, -0.2) is 4.98 Å². The summed E-state index contributed by atoms with van der Waals surface area (Å²) >= 11 is 0. The number of piperazine rings is 1. The quantitative estimate of drug-likeness (QED) is 0.862. The topological polar surface area (TPSA) is 54.5 Å². The molecule has 1 aliphatic heterocycles. The molecule has 0 atom stereocenters. The van der Waals surface area contributed by atoms with Gasteiger partial charge in [0.15, 0.2) is 0 Å². The van der Waals surface area contributed by atoms with Crippen LogP contribution >= 0.6 is 12.4 Å². The number of nitrogens with one attached hydrogen (secondary N) is 1. The molecule has 0 unspecified atom stereocenters. The normalized spacial score (nSPS) is 17.6. The maximum absolute atomic E-state index is 11.8. The van der Waals surface area contributed by atoms with Crippen LogP contribution in [-0.4, -0.2) is 43.2 Å². The SMILES string of the molecule is COC(=O)C(C)(C)c1ccc(N2CCNC(C)(C)C2)nc1.Cl. The van der Waals surface area contributed by atoms with Crippen molar-refractivity contribution in [2.45, 2.75) is 38.6 Å². The Kier molecular flexibility index (Phi) is 5.82. The molecule has 0 bridgehead atoms. The van der Waals surface area contributed by atoms with Crippen molar-refractivity contribution < 1.29 is 9.53 Å². The molecular formula is C16H26ClN3O2. The number of hydrogen-bond donors (Lipinski definition) is 1. The summed E-state index contributed by atoms with van der Waals surface area (Å²) < 4.78 is 4.86. The highest BCUT2D eigenvalue weighted by atomic mass is 35.5. The van der Waals surface area contributed by atoms with E-state index in [9.17, 15) is 4.79 Å². The molecule has 124 valence electrons. The maximum atomic E-state index is 11.8. The van der Waals surface area contributed by atoms with E-state index in [0.29, 0.717) is 0 Å². The van der Waals surface area contributed by atoms with Gasteiger partial charge in [-0.15, -0.1) is 12.4 Å². The first-order valence-electron chi connectivity index (χ1n) is 7.31. The molecule has 1 aliphatic rings. The summed E-state index contributed by atoms with van der Waals surface area (Å²) in [6.45, 7) is 10.9. The van der Waals surface area contributed by atoms with Gasteiger partial charge in [0.1, 0.15) is 5.82 Å². The first-order valence-corrected chi connectivity index (χ1v) is 7.31. The second-order valence-electron chi connectivity index (χ2n) is 6.75. The first kappa shape index (κ1) is 18.7. The van der Waals surface area contributed by atoms with Gasteiger partial charge in [0.2, 0.25) is 0 Å². The summed E-state index contributed by atoms with van der Waals surface area (Å²) in [5.74, 6) is 0.703. The summed E-state index contributed by atoms with van der Waals surface area (Å²) in [6, 6.07) is 3.95. The number of ether oxygens (including phenoxy) is 1. The van der Waals surface area contributed by atoms with Crippen LogP contribution in [0.2, 0.25) is 0 Å². The van der Waals surface area contributed by atoms with Crippen molar-refractivity contribution in [2.24, 2.45) is 0 Å². The molecule has 1 aromatic heterocycles. The predicted octanol–water partition coefficient (Wildman–Crippen LogP) is 2.14. The van der Waals surface area contributed by atoms with Crippen LogP contribution in [0.25, 0.3) is 0 Å². The Morgan fingerprint density at radius 3 is 2.59 bits per heavy atom. The standard InChI is InChI=1S/C16H25N3O2.ClH/c1-15(2)11-19(9-8-18-15)13-7-6-12(10-17-13)16(3,4)14(20)21-5;/h6-7,10,18H,8-9,11H2,1-5H3;1H. The minimum atomic E-state index is -0.678. The Bertz CT molecular complexity index is 515. The fourth-order valence-corrected chi connectivity index (χ4v) is 2.65. The van der Waals surface area contributed by atoms with E-state index < -0.39 is 5.41 Å². The van der Waals surface area contributed by atoms with Crippen LogP contribution in [0, 0.1) is 0 Å². The van der Waals surface area contributed by atoms with Crippen molar-refractivity contribution in [1.29, 1.82) is 0 Å². The van der Waals surface area contributed by atoms with Crippen LogP contribution in [0.5, 0.6) is 0 Å². The molecule has 1 saturated heterocycles. The van der Waals surface area contributed by atoms with E-state index in [2.05, 4.69) is 29.0 Å². The molecule has 0 aromatic carbocycles. The zero-order chi connectivity index (χ0) is 15.7. The van der Waals surface area contributed by atoms with Crippen LogP contribution < -0.4 is 10.2 Å². The van der Waals surface area contributed by atoms with Gasteiger partial charge in [-0.1, -0.05) is 6.07 Å². The van der Waals surface area contributed by atoms with Gasteiger partial charge >= 0.3 is 5.97 Å². The van der Waals surface area contributed by atoms with Crippen LogP contribution in [0.15, 0.2) is 18.3 Å². The molecule has 1 N–H and O–H groups in total. The number of nitrogens with zero attached hydrogens (tertiary/aromatic N) is 2. The smallest absolute Gasteiger partial charge is 0.315 e. The zero-order valence-electron chi connectivity index (χ0n) is 14.0. The number of esters is 1. The molecule has 0 saturated carbocycles. The second kappa shape index (κ2) is 6.84. The Morgan fingerprint density at radius 1 is 1.41 bits per heavy atom. The van der Waals surface area contributed by atoms with Gasteiger partial charge in [0.05, 0.1) is 12.5 Å². The third-order valence-corrected chi connectivity index (χ3v) is 4.06. The van der Waals surface area contributed by atoms with Crippen LogP contribution in [-0.2, 0) is 14.9 Å². The molecule has 5 nitrogen and oxygen atoms in total. The van der Waals surface area contributed by atoms with Gasteiger partial charge in [-0.3, -0.25) is 4.79 Å². The molecule has 0 amide bonds. The average Bonchev–Trinajstić information content (AvgIpc) is 2.45. The van der Waals surface area contributed by atoms with Gasteiger partial charge in [0, 0.05) is 31.4 Å². The number of hydrogen-bond acceptors (Lipinski definition) is 5. The van der Waals surface area contributed by atoms with E-state index in [1.807, 2.05) is 26.0 Å². The molecule has 2 heterocycles. The number of rotatable bonds is 3. The Hall–Kier alpha value is -1.33. The molecule has 1 aromatic rings. The van der Waals surface area contributed by atoms with Crippen molar-refractivity contribution in [1.82, 2.24) is 10.3 Å². The van der Waals surface area contributed by atoms with Crippen molar-refractivity contribution in [3.05, 3.63) is 23.9 Å². The zero-order valence-corrected chi connectivity index (χ0v) is 14.8. The fourth-order valence-electron chi connectivity index (χ4n) is 2.65. The van der Waals surface area contributed by atoms with Crippen molar-refractivity contribution >= 4 is 24.2 Å². The van der Waals surface area contributed by atoms with Crippen LogP contribution in [0.3, 0.4) is 0 Å². The van der Waals surface area contributed by atoms with E-state index in [0.717, 1.165) is 31.0 Å². The monoisotopic (exact) mass is 327 g/mol. The highest BCUT2D eigenvalue weighted by Gasteiger charge is 2.32. The van der Waals surface area contributed by atoms with Crippen LogP contribution in [0.1, 0.15) is 33.3 Å².